The van der Waals surface area contributed by atoms with Crippen molar-refractivity contribution in [1.29, 1.82) is 0 Å². The molecule has 0 aliphatic carbocycles. The average Bonchev–Trinajstić information content (AvgIpc) is 2.32. The van der Waals surface area contributed by atoms with Crippen LogP contribution in [0.1, 0.15) is 57.3 Å². The topological polar surface area (TPSA) is 24.9 Å². The molecule has 0 aliphatic rings. The Balaban J connectivity index is 2.77. The largest absolute Gasteiger partial charge is 0.310 e. The smallest absolute Gasteiger partial charge is 0.0372 e. The van der Waals surface area contributed by atoms with Crippen LogP contribution in [-0.2, 0) is 0 Å². The molecule has 2 unspecified atom stereocenters. The van der Waals surface area contributed by atoms with E-state index in [4.69, 9.17) is 0 Å². The van der Waals surface area contributed by atoms with Crippen molar-refractivity contribution in [2.45, 2.75) is 53.0 Å². The maximum Gasteiger partial charge on any atom is 0.0372 e. The molecule has 1 aromatic rings. The molecule has 0 radical (unpaired) electrons. The highest BCUT2D eigenvalue weighted by Gasteiger charge is 2.17. The number of rotatable bonds is 7. The third-order valence-electron chi connectivity index (χ3n) is 3.22. The third kappa shape index (κ3) is 4.47. The summed E-state index contributed by atoms with van der Waals surface area (Å²) in [5, 5.41) is 3.65. The number of hydrogen-bond donors (Lipinski definition) is 1. The van der Waals surface area contributed by atoms with E-state index in [2.05, 4.69) is 43.2 Å². The van der Waals surface area contributed by atoms with Crippen molar-refractivity contribution < 1.29 is 0 Å². The van der Waals surface area contributed by atoms with E-state index in [1.54, 1.807) is 0 Å². The van der Waals surface area contributed by atoms with Crippen LogP contribution in [0.4, 0.5) is 0 Å². The van der Waals surface area contributed by atoms with Crippen molar-refractivity contribution in [3.63, 3.8) is 0 Å². The van der Waals surface area contributed by atoms with E-state index in [0.29, 0.717) is 12.0 Å². The highest BCUT2D eigenvalue weighted by atomic mass is 14.9. The Labute approximate surface area is 106 Å². The molecule has 1 heterocycles. The van der Waals surface area contributed by atoms with Crippen molar-refractivity contribution in [2.75, 3.05) is 6.54 Å². The minimum absolute atomic E-state index is 0.447. The fourth-order valence-electron chi connectivity index (χ4n) is 2.23. The summed E-state index contributed by atoms with van der Waals surface area (Å²) in [6, 6.07) is 4.76. The summed E-state index contributed by atoms with van der Waals surface area (Å²) in [7, 11) is 0. The number of aryl methyl sites for hydroxylation is 1. The number of hydrogen-bond acceptors (Lipinski definition) is 2. The zero-order chi connectivity index (χ0) is 12.7. The van der Waals surface area contributed by atoms with Crippen LogP contribution in [0.15, 0.2) is 18.3 Å². The predicted octanol–water partition coefficient (Wildman–Crippen LogP) is 3.87. The summed E-state index contributed by atoms with van der Waals surface area (Å²) in [5.41, 5.74) is 2.41. The summed E-state index contributed by atoms with van der Waals surface area (Å²) in [6.45, 7) is 9.90. The van der Waals surface area contributed by atoms with E-state index in [-0.39, 0.29) is 0 Å². The van der Waals surface area contributed by atoms with Gasteiger partial charge in [-0.15, -0.1) is 0 Å². The Morgan fingerprint density at radius 1 is 1.24 bits per heavy atom. The van der Waals surface area contributed by atoms with Gasteiger partial charge in [0.2, 0.25) is 0 Å². The Morgan fingerprint density at radius 2 is 2.00 bits per heavy atom. The Morgan fingerprint density at radius 3 is 2.53 bits per heavy atom. The van der Waals surface area contributed by atoms with Crippen molar-refractivity contribution >= 4 is 0 Å². The predicted molar refractivity (Wildman–Crippen MR) is 74.1 cm³/mol. The minimum Gasteiger partial charge on any atom is -0.310 e. The van der Waals surface area contributed by atoms with Gasteiger partial charge in [0.25, 0.3) is 0 Å². The lowest BCUT2D eigenvalue weighted by atomic mass is 9.91. The molecule has 0 saturated heterocycles. The monoisotopic (exact) mass is 234 g/mol. The molecule has 0 aromatic carbocycles. The van der Waals surface area contributed by atoms with Crippen LogP contribution in [0.5, 0.6) is 0 Å². The van der Waals surface area contributed by atoms with Gasteiger partial charge in [-0.2, -0.15) is 0 Å². The molecule has 0 bridgehead atoms. The van der Waals surface area contributed by atoms with Crippen molar-refractivity contribution in [3.05, 3.63) is 29.6 Å². The number of aromatic nitrogens is 1. The second-order valence-electron chi connectivity index (χ2n) is 4.93. The molecule has 17 heavy (non-hydrogen) atoms. The molecule has 96 valence electrons. The third-order valence-corrected chi connectivity index (χ3v) is 3.22. The molecule has 2 atom stereocenters. The van der Waals surface area contributed by atoms with E-state index in [9.17, 15) is 0 Å². The van der Waals surface area contributed by atoms with Gasteiger partial charge in [-0.3, -0.25) is 4.98 Å². The number of pyridine rings is 1. The standard InChI is InChI=1S/C15H26N2/c1-5-7-12(3)15(16-10-6-2)14-9-8-13(4)17-11-14/h8-9,11-12,15-16H,5-7,10H2,1-4H3. The zero-order valence-electron chi connectivity index (χ0n) is 11.7. The molecule has 2 nitrogen and oxygen atoms in total. The SMILES string of the molecule is CCCNC(c1ccc(C)nc1)C(C)CCC. The van der Waals surface area contributed by atoms with Gasteiger partial charge in [-0.05, 0) is 43.9 Å². The first-order valence-electron chi connectivity index (χ1n) is 6.85. The van der Waals surface area contributed by atoms with Gasteiger partial charge in [0.1, 0.15) is 0 Å². The number of nitrogens with zero attached hydrogens (tertiary/aromatic N) is 1. The Hall–Kier alpha value is -0.890. The summed E-state index contributed by atoms with van der Waals surface area (Å²) < 4.78 is 0. The second kappa shape index (κ2) is 7.44. The molecule has 0 saturated carbocycles. The number of nitrogens with one attached hydrogen (secondary N) is 1. The molecule has 0 fully saturated rings. The summed E-state index contributed by atoms with van der Waals surface area (Å²) in [5.74, 6) is 0.663. The molecule has 1 N–H and O–H groups in total. The van der Waals surface area contributed by atoms with Gasteiger partial charge < -0.3 is 5.32 Å². The normalized spacial score (nSPS) is 14.6. The second-order valence-corrected chi connectivity index (χ2v) is 4.93. The maximum absolute atomic E-state index is 4.41. The fourth-order valence-corrected chi connectivity index (χ4v) is 2.23. The molecule has 0 spiro atoms. The van der Waals surface area contributed by atoms with Gasteiger partial charge in [0.05, 0.1) is 0 Å². The van der Waals surface area contributed by atoms with Gasteiger partial charge >= 0.3 is 0 Å². The van der Waals surface area contributed by atoms with Crippen LogP contribution in [0.3, 0.4) is 0 Å². The lowest BCUT2D eigenvalue weighted by Gasteiger charge is -2.25. The van der Waals surface area contributed by atoms with Gasteiger partial charge in [0, 0.05) is 17.9 Å². The first-order chi connectivity index (χ1) is 8.19. The van der Waals surface area contributed by atoms with Crippen molar-refractivity contribution in [2.24, 2.45) is 5.92 Å². The summed E-state index contributed by atoms with van der Waals surface area (Å²) >= 11 is 0. The quantitative estimate of drug-likeness (QED) is 0.774. The molecule has 0 aliphatic heterocycles. The van der Waals surface area contributed by atoms with E-state index in [0.717, 1.165) is 12.2 Å². The van der Waals surface area contributed by atoms with Crippen LogP contribution in [0.25, 0.3) is 0 Å². The van der Waals surface area contributed by atoms with Crippen LogP contribution < -0.4 is 5.32 Å². The molecular weight excluding hydrogens is 208 g/mol. The van der Waals surface area contributed by atoms with Crippen LogP contribution in [0, 0.1) is 12.8 Å². The van der Waals surface area contributed by atoms with E-state index >= 15 is 0 Å². The Bertz CT molecular complexity index is 305. The minimum atomic E-state index is 0.447. The average molecular weight is 234 g/mol. The lowest BCUT2D eigenvalue weighted by Crippen LogP contribution is -2.27. The highest BCUT2D eigenvalue weighted by molar-refractivity contribution is 5.18. The molecule has 1 rings (SSSR count). The van der Waals surface area contributed by atoms with Crippen LogP contribution >= 0.6 is 0 Å². The lowest BCUT2D eigenvalue weighted by molar-refractivity contribution is 0.362. The van der Waals surface area contributed by atoms with Crippen molar-refractivity contribution in [3.8, 4) is 0 Å². The van der Waals surface area contributed by atoms with Crippen molar-refractivity contribution in [1.82, 2.24) is 10.3 Å². The van der Waals surface area contributed by atoms with E-state index in [1.807, 2.05) is 13.1 Å². The fraction of sp³-hybridized carbons (Fsp3) is 0.667. The summed E-state index contributed by atoms with van der Waals surface area (Å²) in [6.07, 6.45) is 5.70. The molecule has 2 heteroatoms. The molecular formula is C15H26N2. The first kappa shape index (κ1) is 14.2. The summed E-state index contributed by atoms with van der Waals surface area (Å²) in [4.78, 5) is 4.41. The Kier molecular flexibility index (Phi) is 6.20. The van der Waals surface area contributed by atoms with Gasteiger partial charge in [-0.1, -0.05) is 33.3 Å². The van der Waals surface area contributed by atoms with E-state index < -0.39 is 0 Å². The van der Waals surface area contributed by atoms with Gasteiger partial charge in [-0.25, -0.2) is 0 Å². The zero-order valence-corrected chi connectivity index (χ0v) is 11.7. The first-order valence-corrected chi connectivity index (χ1v) is 6.85. The van der Waals surface area contributed by atoms with Gasteiger partial charge in [0.15, 0.2) is 0 Å². The molecule has 1 aromatic heterocycles. The highest BCUT2D eigenvalue weighted by Crippen LogP contribution is 2.25. The van der Waals surface area contributed by atoms with Crippen LogP contribution in [-0.4, -0.2) is 11.5 Å². The molecule has 0 amide bonds. The van der Waals surface area contributed by atoms with E-state index in [1.165, 1.54) is 24.8 Å². The van der Waals surface area contributed by atoms with Crippen LogP contribution in [0.2, 0.25) is 0 Å². The maximum atomic E-state index is 4.41.